The lowest BCUT2D eigenvalue weighted by Crippen LogP contribution is -1.83. The van der Waals surface area contributed by atoms with Crippen LogP contribution in [0.3, 0.4) is 0 Å². The lowest BCUT2D eigenvalue weighted by Gasteiger charge is -1.97. The molecule has 1 aromatic carbocycles. The number of hydrogen-bond acceptors (Lipinski definition) is 3. The molecule has 0 bridgehead atoms. The fraction of sp³-hybridized carbons (Fsp3) is 0. The van der Waals surface area contributed by atoms with Gasteiger partial charge in [-0.1, -0.05) is 17.4 Å². The molecule has 0 fully saturated rings. The first kappa shape index (κ1) is 9.08. The van der Waals surface area contributed by atoms with E-state index in [4.69, 9.17) is 5.73 Å². The molecule has 14 heavy (non-hydrogen) atoms. The summed E-state index contributed by atoms with van der Waals surface area (Å²) in [5.74, 6) is -1.72. The maximum atomic E-state index is 12.8. The predicted octanol–water partition coefficient (Wildman–Crippen LogP) is 2.67. The molecule has 0 aliphatic heterocycles. The zero-order valence-electron chi connectivity index (χ0n) is 7.00. The molecule has 2 rings (SSSR count). The van der Waals surface area contributed by atoms with Crippen molar-refractivity contribution < 1.29 is 8.78 Å². The van der Waals surface area contributed by atoms with E-state index in [-0.39, 0.29) is 0 Å². The van der Waals surface area contributed by atoms with Crippen molar-refractivity contribution in [3.63, 3.8) is 0 Å². The van der Waals surface area contributed by atoms with E-state index in [1.807, 2.05) is 0 Å². The van der Waals surface area contributed by atoms with E-state index < -0.39 is 11.6 Å². The minimum absolute atomic E-state index is 0.407. The summed E-state index contributed by atoms with van der Waals surface area (Å²) < 4.78 is 25.5. The van der Waals surface area contributed by atoms with Crippen LogP contribution in [0.4, 0.5) is 13.9 Å². The van der Waals surface area contributed by atoms with E-state index in [0.29, 0.717) is 10.7 Å². The molecule has 0 aliphatic carbocycles. The molecule has 0 unspecified atom stereocenters. The molecular weight excluding hydrogens is 206 g/mol. The second-order valence-corrected chi connectivity index (χ2v) is 3.75. The van der Waals surface area contributed by atoms with Gasteiger partial charge in [0.25, 0.3) is 0 Å². The van der Waals surface area contributed by atoms with E-state index in [1.54, 1.807) is 0 Å². The van der Waals surface area contributed by atoms with Gasteiger partial charge < -0.3 is 5.73 Å². The van der Waals surface area contributed by atoms with Crippen LogP contribution in [0.2, 0.25) is 0 Å². The van der Waals surface area contributed by atoms with Gasteiger partial charge in [0.2, 0.25) is 0 Å². The molecule has 0 atom stereocenters. The van der Waals surface area contributed by atoms with Crippen LogP contribution in [0.1, 0.15) is 0 Å². The van der Waals surface area contributed by atoms with Crippen LogP contribution in [0, 0.1) is 11.6 Å². The van der Waals surface area contributed by atoms with E-state index >= 15 is 0 Å². The number of hydrogen-bond donors (Lipinski definition) is 1. The summed E-state index contributed by atoms with van der Waals surface area (Å²) in [6.07, 6.45) is 1.53. The van der Waals surface area contributed by atoms with Gasteiger partial charge in [-0.15, -0.1) is 0 Å². The molecule has 2 aromatic rings. The third kappa shape index (κ3) is 1.58. The molecule has 0 spiro atoms. The Hall–Kier alpha value is -1.49. The van der Waals surface area contributed by atoms with Crippen LogP contribution in [-0.2, 0) is 0 Å². The maximum Gasteiger partial charge on any atom is 0.180 e. The summed E-state index contributed by atoms with van der Waals surface area (Å²) >= 11 is 1.23. The number of halogens is 2. The molecule has 0 saturated carbocycles. The third-order valence-corrected chi connectivity index (χ3v) is 2.60. The molecule has 5 heteroatoms. The second kappa shape index (κ2) is 3.34. The van der Waals surface area contributed by atoms with Crippen LogP contribution in [-0.4, -0.2) is 4.98 Å². The van der Waals surface area contributed by atoms with E-state index in [9.17, 15) is 8.78 Å². The van der Waals surface area contributed by atoms with Crippen LogP contribution in [0.25, 0.3) is 10.4 Å². The first-order valence-electron chi connectivity index (χ1n) is 3.83. The minimum atomic E-state index is -0.866. The van der Waals surface area contributed by atoms with Gasteiger partial charge in [-0.3, -0.25) is 0 Å². The average Bonchev–Trinajstić information content (AvgIpc) is 2.57. The fourth-order valence-electron chi connectivity index (χ4n) is 1.07. The molecule has 72 valence electrons. The molecule has 0 radical (unpaired) electrons. The monoisotopic (exact) mass is 212 g/mol. The molecular formula is C9H6F2N2S. The standard InChI is InChI=1S/C9H6F2N2S/c10-6-2-1-5(3-7(6)11)8-4-13-9(12)14-8/h1-4H,(H2,12,13). The Morgan fingerprint density at radius 1 is 1.21 bits per heavy atom. The highest BCUT2D eigenvalue weighted by Crippen LogP contribution is 2.28. The zero-order chi connectivity index (χ0) is 10.1. The number of aromatic nitrogens is 1. The number of rotatable bonds is 1. The summed E-state index contributed by atoms with van der Waals surface area (Å²) in [6.45, 7) is 0. The highest BCUT2D eigenvalue weighted by molar-refractivity contribution is 7.18. The van der Waals surface area contributed by atoms with Gasteiger partial charge in [-0.25, -0.2) is 13.8 Å². The molecule has 0 aliphatic rings. The van der Waals surface area contributed by atoms with Gasteiger partial charge in [0.15, 0.2) is 16.8 Å². The zero-order valence-corrected chi connectivity index (χ0v) is 7.81. The van der Waals surface area contributed by atoms with Crippen molar-refractivity contribution in [3.8, 4) is 10.4 Å². The van der Waals surface area contributed by atoms with Gasteiger partial charge >= 0.3 is 0 Å². The van der Waals surface area contributed by atoms with Gasteiger partial charge in [0, 0.05) is 6.20 Å². The van der Waals surface area contributed by atoms with Gasteiger partial charge in [-0.05, 0) is 17.7 Å². The van der Waals surface area contributed by atoms with Crippen molar-refractivity contribution >= 4 is 16.5 Å². The Morgan fingerprint density at radius 2 is 2.00 bits per heavy atom. The first-order chi connectivity index (χ1) is 6.66. The van der Waals surface area contributed by atoms with Crippen molar-refractivity contribution in [2.45, 2.75) is 0 Å². The highest BCUT2D eigenvalue weighted by atomic mass is 32.1. The van der Waals surface area contributed by atoms with Gasteiger partial charge in [0.1, 0.15) is 0 Å². The lowest BCUT2D eigenvalue weighted by atomic mass is 10.2. The molecule has 1 heterocycles. The van der Waals surface area contributed by atoms with Crippen molar-refractivity contribution in [1.82, 2.24) is 4.98 Å². The number of anilines is 1. The minimum Gasteiger partial charge on any atom is -0.375 e. The van der Waals surface area contributed by atoms with Crippen molar-refractivity contribution in [2.75, 3.05) is 5.73 Å². The number of nitrogens with two attached hydrogens (primary N) is 1. The van der Waals surface area contributed by atoms with Gasteiger partial charge in [0.05, 0.1) is 4.88 Å². The number of benzene rings is 1. The molecule has 2 nitrogen and oxygen atoms in total. The average molecular weight is 212 g/mol. The van der Waals surface area contributed by atoms with Crippen LogP contribution < -0.4 is 5.73 Å². The molecule has 2 N–H and O–H groups in total. The topological polar surface area (TPSA) is 38.9 Å². The first-order valence-corrected chi connectivity index (χ1v) is 4.65. The smallest absolute Gasteiger partial charge is 0.180 e. The Balaban J connectivity index is 2.47. The largest absolute Gasteiger partial charge is 0.375 e. The Kier molecular flexibility index (Phi) is 2.17. The van der Waals surface area contributed by atoms with Crippen molar-refractivity contribution in [2.24, 2.45) is 0 Å². The third-order valence-electron chi connectivity index (χ3n) is 1.73. The fourth-order valence-corrected chi connectivity index (χ4v) is 1.75. The van der Waals surface area contributed by atoms with Crippen LogP contribution in [0.5, 0.6) is 0 Å². The summed E-state index contributed by atoms with van der Waals surface area (Å²) in [5.41, 5.74) is 6.01. The van der Waals surface area contributed by atoms with Crippen molar-refractivity contribution in [3.05, 3.63) is 36.0 Å². The normalized spacial score (nSPS) is 10.4. The summed E-state index contributed by atoms with van der Waals surface area (Å²) in [6, 6.07) is 3.70. The Labute approximate surface area is 83.0 Å². The Morgan fingerprint density at radius 3 is 2.57 bits per heavy atom. The SMILES string of the molecule is Nc1ncc(-c2ccc(F)c(F)c2)s1. The van der Waals surface area contributed by atoms with Crippen LogP contribution in [0.15, 0.2) is 24.4 Å². The predicted molar refractivity (Wildman–Crippen MR) is 51.9 cm³/mol. The molecule has 1 aromatic heterocycles. The number of nitrogens with zero attached hydrogens (tertiary/aromatic N) is 1. The van der Waals surface area contributed by atoms with E-state index in [0.717, 1.165) is 17.0 Å². The number of thiazole rings is 1. The summed E-state index contributed by atoms with van der Waals surface area (Å²) in [5, 5.41) is 0.407. The van der Waals surface area contributed by atoms with E-state index in [2.05, 4.69) is 4.98 Å². The second-order valence-electron chi connectivity index (χ2n) is 2.69. The number of nitrogen functional groups attached to an aromatic ring is 1. The molecule has 0 saturated heterocycles. The molecule has 0 amide bonds. The lowest BCUT2D eigenvalue weighted by molar-refractivity contribution is 0.509. The summed E-state index contributed by atoms with van der Waals surface area (Å²) in [4.78, 5) is 4.55. The summed E-state index contributed by atoms with van der Waals surface area (Å²) in [7, 11) is 0. The highest BCUT2D eigenvalue weighted by Gasteiger charge is 2.06. The Bertz CT molecular complexity index is 468. The van der Waals surface area contributed by atoms with Crippen molar-refractivity contribution in [1.29, 1.82) is 0 Å². The maximum absolute atomic E-state index is 12.8. The van der Waals surface area contributed by atoms with E-state index in [1.165, 1.54) is 23.6 Å². The quantitative estimate of drug-likeness (QED) is 0.789. The van der Waals surface area contributed by atoms with Crippen LogP contribution >= 0.6 is 11.3 Å². The van der Waals surface area contributed by atoms with Gasteiger partial charge in [-0.2, -0.15) is 0 Å².